The van der Waals surface area contributed by atoms with Crippen LogP contribution in [0.3, 0.4) is 0 Å². The minimum Gasteiger partial charge on any atom is -0.399 e. The number of aryl methyl sites for hydroxylation is 2. The van der Waals surface area contributed by atoms with E-state index in [0.717, 1.165) is 24.1 Å². The van der Waals surface area contributed by atoms with Crippen molar-refractivity contribution in [1.82, 2.24) is 0 Å². The Labute approximate surface area is 125 Å². The van der Waals surface area contributed by atoms with Gasteiger partial charge >= 0.3 is 0 Å². The summed E-state index contributed by atoms with van der Waals surface area (Å²) in [4.78, 5) is 14.9. The summed E-state index contributed by atoms with van der Waals surface area (Å²) in [5.74, 6) is 0.0325. The molecule has 1 unspecified atom stereocenters. The first-order valence-electron chi connectivity index (χ1n) is 7.35. The number of hydrogen-bond acceptors (Lipinski definition) is 2. The number of amides is 1. The number of benzene rings is 2. The molecule has 1 heterocycles. The molecule has 0 saturated heterocycles. The Kier molecular flexibility index (Phi) is 3.42. The molecule has 0 spiro atoms. The van der Waals surface area contributed by atoms with Gasteiger partial charge in [-0.1, -0.05) is 18.2 Å². The summed E-state index contributed by atoms with van der Waals surface area (Å²) in [6.45, 7) is 4.06. The monoisotopic (exact) mass is 280 g/mol. The molecule has 0 fully saturated rings. The molecule has 3 heteroatoms. The Bertz CT molecular complexity index is 673. The van der Waals surface area contributed by atoms with Crippen LogP contribution in [0.15, 0.2) is 42.5 Å². The van der Waals surface area contributed by atoms with Crippen molar-refractivity contribution in [2.45, 2.75) is 32.7 Å². The zero-order valence-electron chi connectivity index (χ0n) is 12.5. The summed E-state index contributed by atoms with van der Waals surface area (Å²) in [5, 5.41) is 0. The summed E-state index contributed by atoms with van der Waals surface area (Å²) < 4.78 is 0. The number of fused-ring (bicyclic) bond motifs is 1. The molecule has 2 N–H and O–H groups in total. The fourth-order valence-electron chi connectivity index (χ4n) is 3.07. The third kappa shape index (κ3) is 2.51. The maximum absolute atomic E-state index is 12.9. The fourth-order valence-corrected chi connectivity index (χ4v) is 3.07. The van der Waals surface area contributed by atoms with Gasteiger partial charge in [-0.05, 0) is 62.1 Å². The average molecular weight is 280 g/mol. The zero-order chi connectivity index (χ0) is 15.0. The number of carbonyl (C=O) groups is 1. The number of nitrogen functional groups attached to an aromatic ring is 1. The maximum Gasteiger partial charge on any atom is 0.258 e. The van der Waals surface area contributed by atoms with Crippen LogP contribution in [-0.2, 0) is 6.42 Å². The van der Waals surface area contributed by atoms with Crippen LogP contribution in [0.25, 0.3) is 0 Å². The predicted molar refractivity (Wildman–Crippen MR) is 86.6 cm³/mol. The Morgan fingerprint density at radius 1 is 1.24 bits per heavy atom. The van der Waals surface area contributed by atoms with E-state index in [0.29, 0.717) is 11.3 Å². The lowest BCUT2D eigenvalue weighted by molar-refractivity contribution is 0.0975. The summed E-state index contributed by atoms with van der Waals surface area (Å²) in [6, 6.07) is 13.9. The molecule has 0 aromatic heterocycles. The third-order valence-electron chi connectivity index (χ3n) is 4.09. The molecule has 0 bridgehead atoms. The first-order chi connectivity index (χ1) is 10.1. The number of para-hydroxylation sites is 1. The lowest BCUT2D eigenvalue weighted by Gasteiger charge is -2.35. The van der Waals surface area contributed by atoms with E-state index >= 15 is 0 Å². The molecule has 1 aliphatic heterocycles. The van der Waals surface area contributed by atoms with Gasteiger partial charge in [0.15, 0.2) is 0 Å². The highest BCUT2D eigenvalue weighted by molar-refractivity contribution is 6.07. The summed E-state index contributed by atoms with van der Waals surface area (Å²) >= 11 is 0. The van der Waals surface area contributed by atoms with Crippen LogP contribution in [0.2, 0.25) is 0 Å². The van der Waals surface area contributed by atoms with Crippen molar-refractivity contribution < 1.29 is 4.79 Å². The van der Waals surface area contributed by atoms with E-state index in [-0.39, 0.29) is 11.9 Å². The topological polar surface area (TPSA) is 46.3 Å². The first-order valence-corrected chi connectivity index (χ1v) is 7.35. The Balaban J connectivity index is 2.04. The summed E-state index contributed by atoms with van der Waals surface area (Å²) in [7, 11) is 0. The van der Waals surface area contributed by atoms with Gasteiger partial charge in [0.25, 0.3) is 5.91 Å². The van der Waals surface area contributed by atoms with Gasteiger partial charge in [0.05, 0.1) is 0 Å². The van der Waals surface area contributed by atoms with Crippen LogP contribution in [0.5, 0.6) is 0 Å². The lowest BCUT2D eigenvalue weighted by Crippen LogP contribution is -2.42. The highest BCUT2D eigenvalue weighted by Gasteiger charge is 2.28. The molecule has 0 aliphatic carbocycles. The largest absolute Gasteiger partial charge is 0.399 e. The SMILES string of the molecule is Cc1cc(N)cc(C(=O)N2c3ccccc3CCC2C)c1. The number of carbonyl (C=O) groups excluding carboxylic acids is 1. The van der Waals surface area contributed by atoms with Crippen molar-refractivity contribution in [3.05, 3.63) is 59.2 Å². The average Bonchev–Trinajstić information content (AvgIpc) is 2.45. The molecule has 108 valence electrons. The number of anilines is 2. The molecule has 3 nitrogen and oxygen atoms in total. The molecule has 0 saturated carbocycles. The number of hydrogen-bond donors (Lipinski definition) is 1. The van der Waals surface area contributed by atoms with Crippen LogP contribution in [0.1, 0.15) is 34.8 Å². The van der Waals surface area contributed by atoms with Gasteiger partial charge in [0.2, 0.25) is 0 Å². The predicted octanol–water partition coefficient (Wildman–Crippen LogP) is 3.56. The van der Waals surface area contributed by atoms with E-state index in [1.165, 1.54) is 5.56 Å². The quantitative estimate of drug-likeness (QED) is 0.812. The molecule has 1 aliphatic rings. The second kappa shape index (κ2) is 5.24. The van der Waals surface area contributed by atoms with Crippen LogP contribution in [0.4, 0.5) is 11.4 Å². The van der Waals surface area contributed by atoms with Crippen molar-refractivity contribution in [2.24, 2.45) is 0 Å². The van der Waals surface area contributed by atoms with Gasteiger partial charge in [-0.25, -0.2) is 0 Å². The highest BCUT2D eigenvalue weighted by atomic mass is 16.2. The van der Waals surface area contributed by atoms with Crippen molar-refractivity contribution in [2.75, 3.05) is 10.6 Å². The minimum atomic E-state index is 0.0325. The fraction of sp³-hybridized carbons (Fsp3) is 0.278. The number of rotatable bonds is 1. The normalized spacial score (nSPS) is 17.4. The number of nitrogens with two attached hydrogens (primary N) is 1. The zero-order valence-corrected chi connectivity index (χ0v) is 12.5. The second-order valence-electron chi connectivity index (χ2n) is 5.82. The van der Waals surface area contributed by atoms with Crippen LogP contribution in [0, 0.1) is 6.92 Å². The number of nitrogens with zero attached hydrogens (tertiary/aromatic N) is 1. The molecular formula is C18H20N2O. The molecule has 21 heavy (non-hydrogen) atoms. The second-order valence-corrected chi connectivity index (χ2v) is 5.82. The Hall–Kier alpha value is -2.29. The molecule has 1 atom stereocenters. The van der Waals surface area contributed by atoms with E-state index in [1.807, 2.05) is 42.2 Å². The highest BCUT2D eigenvalue weighted by Crippen LogP contribution is 2.32. The Morgan fingerprint density at radius 2 is 2.00 bits per heavy atom. The van der Waals surface area contributed by atoms with E-state index < -0.39 is 0 Å². The van der Waals surface area contributed by atoms with Gasteiger partial charge in [0, 0.05) is 23.0 Å². The minimum absolute atomic E-state index is 0.0325. The van der Waals surface area contributed by atoms with E-state index in [1.54, 1.807) is 6.07 Å². The standard InChI is InChI=1S/C18H20N2O/c1-12-9-15(11-16(19)10-12)18(21)20-13(2)7-8-14-5-3-4-6-17(14)20/h3-6,9-11,13H,7-8,19H2,1-2H3. The molecule has 3 rings (SSSR count). The van der Waals surface area contributed by atoms with E-state index in [9.17, 15) is 4.79 Å². The van der Waals surface area contributed by atoms with Crippen molar-refractivity contribution in [1.29, 1.82) is 0 Å². The lowest BCUT2D eigenvalue weighted by atomic mass is 9.95. The third-order valence-corrected chi connectivity index (χ3v) is 4.09. The molecule has 2 aromatic rings. The van der Waals surface area contributed by atoms with Gasteiger partial charge in [-0.3, -0.25) is 4.79 Å². The molecular weight excluding hydrogens is 260 g/mol. The van der Waals surface area contributed by atoms with E-state index in [4.69, 9.17) is 5.73 Å². The van der Waals surface area contributed by atoms with Crippen molar-refractivity contribution in [3.8, 4) is 0 Å². The van der Waals surface area contributed by atoms with Crippen molar-refractivity contribution >= 4 is 17.3 Å². The Morgan fingerprint density at radius 3 is 2.76 bits per heavy atom. The summed E-state index contributed by atoms with van der Waals surface area (Å²) in [6.07, 6.45) is 2.02. The van der Waals surface area contributed by atoms with Crippen molar-refractivity contribution in [3.63, 3.8) is 0 Å². The first kappa shape index (κ1) is 13.7. The van der Waals surface area contributed by atoms with E-state index in [2.05, 4.69) is 13.0 Å². The summed E-state index contributed by atoms with van der Waals surface area (Å²) in [5.41, 5.74) is 10.5. The van der Waals surface area contributed by atoms with Gasteiger partial charge in [-0.2, -0.15) is 0 Å². The van der Waals surface area contributed by atoms with Gasteiger partial charge < -0.3 is 10.6 Å². The van der Waals surface area contributed by atoms with Gasteiger partial charge in [-0.15, -0.1) is 0 Å². The maximum atomic E-state index is 12.9. The molecule has 2 aromatic carbocycles. The van der Waals surface area contributed by atoms with Crippen LogP contribution < -0.4 is 10.6 Å². The van der Waals surface area contributed by atoms with Crippen LogP contribution in [-0.4, -0.2) is 11.9 Å². The van der Waals surface area contributed by atoms with Gasteiger partial charge in [0.1, 0.15) is 0 Å². The molecule has 0 radical (unpaired) electrons. The van der Waals surface area contributed by atoms with Crippen LogP contribution >= 0.6 is 0 Å². The molecule has 1 amide bonds. The smallest absolute Gasteiger partial charge is 0.258 e.